The summed E-state index contributed by atoms with van der Waals surface area (Å²) in [6, 6.07) is 3.35. The first kappa shape index (κ1) is 11.1. The van der Waals surface area contributed by atoms with Gasteiger partial charge >= 0.3 is 0 Å². The van der Waals surface area contributed by atoms with Gasteiger partial charge < -0.3 is 4.90 Å². The highest BCUT2D eigenvalue weighted by molar-refractivity contribution is 5.92. The quantitative estimate of drug-likeness (QED) is 0.751. The largest absolute Gasteiger partial charge is 0.315 e. The van der Waals surface area contributed by atoms with E-state index in [0.29, 0.717) is 11.5 Å². The first-order valence-electron chi connectivity index (χ1n) is 5.55. The Morgan fingerprint density at radius 3 is 2.56 bits per heavy atom. The van der Waals surface area contributed by atoms with E-state index in [2.05, 4.69) is 0 Å². The fourth-order valence-electron chi connectivity index (χ4n) is 1.86. The molecule has 0 bridgehead atoms. The zero-order valence-electron chi connectivity index (χ0n) is 9.88. The van der Waals surface area contributed by atoms with Gasteiger partial charge in [0, 0.05) is 19.7 Å². The van der Waals surface area contributed by atoms with Gasteiger partial charge in [0.1, 0.15) is 5.82 Å². The van der Waals surface area contributed by atoms with E-state index >= 15 is 0 Å². The number of hydrogen-bond donors (Lipinski definition) is 0. The summed E-state index contributed by atoms with van der Waals surface area (Å²) in [5.41, 5.74) is 2.42. The van der Waals surface area contributed by atoms with Crippen molar-refractivity contribution in [2.45, 2.75) is 32.6 Å². The van der Waals surface area contributed by atoms with Crippen molar-refractivity contribution in [2.75, 3.05) is 11.9 Å². The number of nitrogens with zero attached hydrogens (tertiary/aromatic N) is 1. The van der Waals surface area contributed by atoms with Crippen molar-refractivity contribution in [1.82, 2.24) is 0 Å². The second-order valence-electron chi connectivity index (χ2n) is 4.51. The van der Waals surface area contributed by atoms with Crippen LogP contribution < -0.4 is 4.90 Å². The number of rotatable bonds is 2. The van der Waals surface area contributed by atoms with E-state index in [0.717, 1.165) is 24.1 Å². The number of benzene rings is 1. The molecule has 0 atom stereocenters. The summed E-state index contributed by atoms with van der Waals surface area (Å²) in [7, 11) is 1.74. The third-order valence-corrected chi connectivity index (χ3v) is 3.16. The van der Waals surface area contributed by atoms with Crippen molar-refractivity contribution in [3.8, 4) is 0 Å². The van der Waals surface area contributed by atoms with Gasteiger partial charge in [-0.15, -0.1) is 0 Å². The Balaban J connectivity index is 2.48. The Bertz CT molecular complexity index is 438. The summed E-state index contributed by atoms with van der Waals surface area (Å²) in [6.07, 6.45) is 2.20. The molecule has 1 fully saturated rings. The third kappa shape index (κ3) is 1.94. The fraction of sp³-hybridized carbons (Fsp3) is 0.462. The Morgan fingerprint density at radius 1 is 1.44 bits per heavy atom. The molecule has 0 saturated heterocycles. The first-order chi connectivity index (χ1) is 7.50. The Kier molecular flexibility index (Phi) is 2.70. The summed E-state index contributed by atoms with van der Waals surface area (Å²) in [4.78, 5) is 13.0. The van der Waals surface area contributed by atoms with E-state index in [4.69, 9.17) is 0 Å². The lowest BCUT2D eigenvalue weighted by molar-refractivity contribution is -0.116. The van der Waals surface area contributed by atoms with Crippen molar-refractivity contribution in [3.05, 3.63) is 29.1 Å². The highest BCUT2D eigenvalue weighted by atomic mass is 19.1. The minimum atomic E-state index is -0.178. The Hall–Kier alpha value is -1.38. The molecule has 2 nitrogen and oxygen atoms in total. The van der Waals surface area contributed by atoms with Crippen molar-refractivity contribution >= 4 is 11.6 Å². The molecular weight excluding hydrogens is 205 g/mol. The van der Waals surface area contributed by atoms with E-state index in [-0.39, 0.29) is 11.7 Å². The van der Waals surface area contributed by atoms with Gasteiger partial charge in [0.25, 0.3) is 0 Å². The summed E-state index contributed by atoms with van der Waals surface area (Å²) in [5.74, 6) is 0.238. The number of carbonyl (C=O) groups is 1. The molecule has 0 N–H and O–H groups in total. The number of carbonyl (C=O) groups excluding carboxylic acids is 1. The number of anilines is 1. The molecule has 1 aromatic rings. The average Bonchev–Trinajstić information content (AvgIpc) is 3.03. The minimum absolute atomic E-state index is 0.0205. The molecular formula is C13H16FNO. The SMILES string of the molecule is CC(=O)N(C)c1cc(C)c(F)cc1C1CC1. The van der Waals surface area contributed by atoms with Crippen molar-refractivity contribution in [1.29, 1.82) is 0 Å². The fourth-order valence-corrected chi connectivity index (χ4v) is 1.86. The molecule has 86 valence electrons. The smallest absolute Gasteiger partial charge is 0.223 e. The molecule has 3 heteroatoms. The molecule has 0 radical (unpaired) electrons. The lowest BCUT2D eigenvalue weighted by atomic mass is 10.0. The number of amides is 1. The van der Waals surface area contributed by atoms with Crippen LogP contribution in [0.4, 0.5) is 10.1 Å². The van der Waals surface area contributed by atoms with E-state index in [1.54, 1.807) is 31.0 Å². The van der Waals surface area contributed by atoms with Crippen LogP contribution in [0, 0.1) is 12.7 Å². The molecule has 2 rings (SSSR count). The van der Waals surface area contributed by atoms with Gasteiger partial charge in [-0.25, -0.2) is 4.39 Å². The maximum absolute atomic E-state index is 13.5. The summed E-state index contributed by atoms with van der Waals surface area (Å²) < 4.78 is 13.5. The highest BCUT2D eigenvalue weighted by Gasteiger charge is 2.28. The van der Waals surface area contributed by atoms with E-state index < -0.39 is 0 Å². The number of hydrogen-bond acceptors (Lipinski definition) is 1. The summed E-state index contributed by atoms with van der Waals surface area (Å²) >= 11 is 0. The molecule has 1 saturated carbocycles. The Labute approximate surface area is 95.1 Å². The van der Waals surface area contributed by atoms with E-state index in [1.165, 1.54) is 6.92 Å². The van der Waals surface area contributed by atoms with Crippen LogP contribution in [0.5, 0.6) is 0 Å². The molecule has 0 unspecified atom stereocenters. The van der Waals surface area contributed by atoms with Gasteiger partial charge in [0.2, 0.25) is 5.91 Å². The molecule has 0 aromatic heterocycles. The topological polar surface area (TPSA) is 20.3 Å². The van der Waals surface area contributed by atoms with Gasteiger partial charge in [-0.3, -0.25) is 4.79 Å². The molecule has 0 heterocycles. The predicted molar refractivity (Wildman–Crippen MR) is 62.2 cm³/mol. The molecule has 0 spiro atoms. The number of aryl methyl sites for hydroxylation is 1. The minimum Gasteiger partial charge on any atom is -0.315 e. The van der Waals surface area contributed by atoms with Gasteiger partial charge in [0.05, 0.1) is 0 Å². The van der Waals surface area contributed by atoms with E-state index in [9.17, 15) is 9.18 Å². The highest BCUT2D eigenvalue weighted by Crippen LogP contribution is 2.44. The normalized spacial score (nSPS) is 15.0. The molecule has 1 aliphatic rings. The maximum Gasteiger partial charge on any atom is 0.223 e. The van der Waals surface area contributed by atoms with Crippen molar-refractivity contribution < 1.29 is 9.18 Å². The summed E-state index contributed by atoms with van der Waals surface area (Å²) in [6.45, 7) is 3.25. The van der Waals surface area contributed by atoms with Crippen molar-refractivity contribution in [3.63, 3.8) is 0 Å². The summed E-state index contributed by atoms with van der Waals surface area (Å²) in [5, 5.41) is 0. The zero-order chi connectivity index (χ0) is 11.9. The van der Waals surface area contributed by atoms with Crippen LogP contribution in [-0.2, 0) is 4.79 Å². The van der Waals surface area contributed by atoms with Gasteiger partial charge in [0.15, 0.2) is 0 Å². The van der Waals surface area contributed by atoms with E-state index in [1.807, 2.05) is 0 Å². The second kappa shape index (κ2) is 3.89. The third-order valence-electron chi connectivity index (χ3n) is 3.16. The lowest BCUT2D eigenvalue weighted by Crippen LogP contribution is -2.24. The molecule has 1 aromatic carbocycles. The predicted octanol–water partition coefficient (Wildman–Crippen LogP) is 2.99. The average molecular weight is 221 g/mol. The Morgan fingerprint density at radius 2 is 2.06 bits per heavy atom. The van der Waals surface area contributed by atoms with Crippen LogP contribution in [0.3, 0.4) is 0 Å². The maximum atomic E-state index is 13.5. The monoisotopic (exact) mass is 221 g/mol. The molecule has 1 amide bonds. The van der Waals surface area contributed by atoms with Crippen LogP contribution >= 0.6 is 0 Å². The van der Waals surface area contributed by atoms with Gasteiger partial charge in [-0.05, 0) is 48.9 Å². The van der Waals surface area contributed by atoms with Crippen LogP contribution in [0.15, 0.2) is 12.1 Å². The number of halogens is 1. The zero-order valence-corrected chi connectivity index (χ0v) is 9.88. The molecule has 0 aliphatic heterocycles. The first-order valence-corrected chi connectivity index (χ1v) is 5.55. The van der Waals surface area contributed by atoms with Crippen LogP contribution in [0.2, 0.25) is 0 Å². The van der Waals surface area contributed by atoms with Crippen molar-refractivity contribution in [2.24, 2.45) is 0 Å². The van der Waals surface area contributed by atoms with Crippen LogP contribution in [0.1, 0.15) is 36.8 Å². The molecule has 1 aliphatic carbocycles. The molecule has 16 heavy (non-hydrogen) atoms. The van der Waals surface area contributed by atoms with Crippen LogP contribution in [-0.4, -0.2) is 13.0 Å². The van der Waals surface area contributed by atoms with Gasteiger partial charge in [-0.2, -0.15) is 0 Å². The van der Waals surface area contributed by atoms with Gasteiger partial charge in [-0.1, -0.05) is 0 Å². The van der Waals surface area contributed by atoms with Crippen LogP contribution in [0.25, 0.3) is 0 Å². The standard InChI is InChI=1S/C13H16FNO/c1-8-6-13(15(3)9(2)16)11(7-12(8)14)10-4-5-10/h6-7,10H,4-5H2,1-3H3. The second-order valence-corrected chi connectivity index (χ2v) is 4.51. The lowest BCUT2D eigenvalue weighted by Gasteiger charge is -2.20.